The number of halogens is 1. The van der Waals surface area contributed by atoms with E-state index in [-0.39, 0.29) is 6.10 Å². The van der Waals surface area contributed by atoms with Gasteiger partial charge in [0.05, 0.1) is 9.67 Å². The van der Waals surface area contributed by atoms with Gasteiger partial charge in [0, 0.05) is 13.7 Å². The van der Waals surface area contributed by atoms with Gasteiger partial charge in [0.2, 0.25) is 0 Å². The van der Waals surface area contributed by atoms with Gasteiger partial charge in [-0.1, -0.05) is 13.0 Å². The molecule has 1 rings (SSSR count). The summed E-state index contributed by atoms with van der Waals surface area (Å²) in [4.78, 5) is 0. The van der Waals surface area contributed by atoms with Crippen LogP contribution in [0.2, 0.25) is 0 Å². The lowest BCUT2D eigenvalue weighted by molar-refractivity contribution is 0.195. The minimum absolute atomic E-state index is 0.280. The molecule has 0 amide bonds. The smallest absolute Gasteiger partial charge is 0.133 e. The molecular formula is C14H21IO2. The second kappa shape index (κ2) is 7.93. The summed E-state index contributed by atoms with van der Waals surface area (Å²) in [5, 5.41) is 0. The van der Waals surface area contributed by atoms with Gasteiger partial charge in [-0.15, -0.1) is 0 Å². The molecule has 1 unspecified atom stereocenters. The highest BCUT2D eigenvalue weighted by molar-refractivity contribution is 14.1. The van der Waals surface area contributed by atoms with Crippen molar-refractivity contribution in [3.8, 4) is 5.75 Å². The van der Waals surface area contributed by atoms with Gasteiger partial charge in [0.1, 0.15) is 5.75 Å². The third-order valence-corrected chi connectivity index (χ3v) is 3.56. The fourth-order valence-corrected chi connectivity index (χ4v) is 2.22. The molecule has 0 fully saturated rings. The lowest BCUT2D eigenvalue weighted by atomic mass is 10.1. The van der Waals surface area contributed by atoms with Crippen LogP contribution in [0.25, 0.3) is 0 Å². The number of aryl methyl sites for hydroxylation is 1. The molecule has 0 heterocycles. The van der Waals surface area contributed by atoms with Crippen molar-refractivity contribution in [2.75, 3.05) is 13.7 Å². The van der Waals surface area contributed by atoms with Crippen molar-refractivity contribution in [1.82, 2.24) is 0 Å². The van der Waals surface area contributed by atoms with Gasteiger partial charge in [0.15, 0.2) is 0 Å². The molecule has 0 N–H and O–H groups in total. The van der Waals surface area contributed by atoms with E-state index in [1.165, 1.54) is 9.13 Å². The second-order valence-corrected chi connectivity index (χ2v) is 5.36. The maximum atomic E-state index is 5.84. The van der Waals surface area contributed by atoms with E-state index < -0.39 is 0 Å². The van der Waals surface area contributed by atoms with Crippen LogP contribution in [-0.4, -0.2) is 19.8 Å². The highest BCUT2D eigenvalue weighted by Crippen LogP contribution is 2.24. The SMILES string of the molecule is CCC(C)Oc1ccc(CCCOC)cc1I. The van der Waals surface area contributed by atoms with Crippen molar-refractivity contribution < 1.29 is 9.47 Å². The monoisotopic (exact) mass is 348 g/mol. The minimum atomic E-state index is 0.280. The van der Waals surface area contributed by atoms with Crippen LogP contribution in [0, 0.1) is 3.57 Å². The van der Waals surface area contributed by atoms with E-state index in [1.807, 2.05) is 0 Å². The first-order chi connectivity index (χ1) is 8.17. The topological polar surface area (TPSA) is 18.5 Å². The van der Waals surface area contributed by atoms with Gasteiger partial charge in [-0.05, 0) is 66.5 Å². The minimum Gasteiger partial charge on any atom is -0.490 e. The number of methoxy groups -OCH3 is 1. The van der Waals surface area contributed by atoms with E-state index >= 15 is 0 Å². The zero-order chi connectivity index (χ0) is 12.7. The van der Waals surface area contributed by atoms with E-state index in [0.29, 0.717) is 0 Å². The van der Waals surface area contributed by atoms with E-state index in [9.17, 15) is 0 Å². The Kier molecular flexibility index (Phi) is 6.89. The molecular weight excluding hydrogens is 327 g/mol. The van der Waals surface area contributed by atoms with Crippen molar-refractivity contribution in [2.24, 2.45) is 0 Å². The third kappa shape index (κ3) is 5.25. The molecule has 3 heteroatoms. The highest BCUT2D eigenvalue weighted by atomic mass is 127. The van der Waals surface area contributed by atoms with Gasteiger partial charge < -0.3 is 9.47 Å². The summed E-state index contributed by atoms with van der Waals surface area (Å²) in [6.45, 7) is 5.06. The fourth-order valence-electron chi connectivity index (χ4n) is 1.52. The number of hydrogen-bond acceptors (Lipinski definition) is 2. The Balaban J connectivity index is 2.59. The maximum Gasteiger partial charge on any atom is 0.133 e. The normalized spacial score (nSPS) is 12.5. The summed E-state index contributed by atoms with van der Waals surface area (Å²) in [6, 6.07) is 6.43. The lowest BCUT2D eigenvalue weighted by Crippen LogP contribution is -2.10. The molecule has 0 aliphatic carbocycles. The Hall–Kier alpha value is -0.290. The number of ether oxygens (including phenoxy) is 2. The summed E-state index contributed by atoms with van der Waals surface area (Å²) in [5.74, 6) is 0.996. The summed E-state index contributed by atoms with van der Waals surface area (Å²) in [6.07, 6.45) is 3.44. The number of hydrogen-bond donors (Lipinski definition) is 0. The molecule has 0 bridgehead atoms. The average molecular weight is 348 g/mol. The first-order valence-electron chi connectivity index (χ1n) is 6.11. The Morgan fingerprint density at radius 3 is 2.71 bits per heavy atom. The summed E-state index contributed by atoms with van der Waals surface area (Å²) >= 11 is 2.34. The Labute approximate surface area is 118 Å². The molecule has 0 spiro atoms. The summed E-state index contributed by atoms with van der Waals surface area (Å²) in [5.41, 5.74) is 1.35. The molecule has 0 aliphatic rings. The van der Waals surface area contributed by atoms with Gasteiger partial charge >= 0.3 is 0 Å². The molecule has 0 saturated carbocycles. The van der Waals surface area contributed by atoms with E-state index in [2.05, 4.69) is 54.6 Å². The van der Waals surface area contributed by atoms with Crippen molar-refractivity contribution in [2.45, 2.75) is 39.2 Å². The maximum absolute atomic E-state index is 5.84. The Morgan fingerprint density at radius 1 is 1.35 bits per heavy atom. The molecule has 17 heavy (non-hydrogen) atoms. The molecule has 96 valence electrons. The molecule has 1 atom stereocenters. The van der Waals surface area contributed by atoms with Crippen LogP contribution in [0.1, 0.15) is 32.3 Å². The largest absolute Gasteiger partial charge is 0.490 e. The first-order valence-corrected chi connectivity index (χ1v) is 7.19. The van der Waals surface area contributed by atoms with E-state index in [4.69, 9.17) is 9.47 Å². The second-order valence-electron chi connectivity index (χ2n) is 4.20. The van der Waals surface area contributed by atoms with Crippen LogP contribution in [0.5, 0.6) is 5.75 Å². The molecule has 0 aliphatic heterocycles. The molecule has 0 aromatic heterocycles. The van der Waals surface area contributed by atoms with Gasteiger partial charge in [0.25, 0.3) is 0 Å². The molecule has 2 nitrogen and oxygen atoms in total. The predicted molar refractivity (Wildman–Crippen MR) is 79.7 cm³/mol. The van der Waals surface area contributed by atoms with Crippen LogP contribution in [-0.2, 0) is 11.2 Å². The number of benzene rings is 1. The standard InChI is InChI=1S/C14H21IO2/c1-4-11(2)17-14-8-7-12(10-13(14)15)6-5-9-16-3/h7-8,10-11H,4-6,9H2,1-3H3. The van der Waals surface area contributed by atoms with E-state index in [1.54, 1.807) is 7.11 Å². The van der Waals surface area contributed by atoms with Crippen molar-refractivity contribution in [3.05, 3.63) is 27.3 Å². The lowest BCUT2D eigenvalue weighted by Gasteiger charge is -2.14. The third-order valence-electron chi connectivity index (χ3n) is 2.71. The zero-order valence-electron chi connectivity index (χ0n) is 10.8. The van der Waals surface area contributed by atoms with Crippen molar-refractivity contribution in [3.63, 3.8) is 0 Å². The zero-order valence-corrected chi connectivity index (χ0v) is 13.0. The van der Waals surface area contributed by atoms with Gasteiger partial charge in [-0.25, -0.2) is 0 Å². The average Bonchev–Trinajstić information content (AvgIpc) is 2.32. The number of rotatable bonds is 7. The quantitative estimate of drug-likeness (QED) is 0.547. The summed E-state index contributed by atoms with van der Waals surface area (Å²) < 4.78 is 12.1. The molecule has 1 aromatic rings. The Bertz CT molecular complexity index is 339. The van der Waals surface area contributed by atoms with Crippen LogP contribution in [0.3, 0.4) is 0 Å². The van der Waals surface area contributed by atoms with Gasteiger partial charge in [-0.3, -0.25) is 0 Å². The predicted octanol–water partition coefficient (Wildman–Crippen LogP) is 4.05. The van der Waals surface area contributed by atoms with Gasteiger partial charge in [-0.2, -0.15) is 0 Å². The molecule has 0 radical (unpaired) electrons. The highest BCUT2D eigenvalue weighted by Gasteiger charge is 2.06. The van der Waals surface area contributed by atoms with Crippen LogP contribution >= 0.6 is 22.6 Å². The Morgan fingerprint density at radius 2 is 2.12 bits per heavy atom. The molecule has 1 aromatic carbocycles. The van der Waals surface area contributed by atoms with E-state index in [0.717, 1.165) is 31.6 Å². The van der Waals surface area contributed by atoms with Crippen molar-refractivity contribution >= 4 is 22.6 Å². The van der Waals surface area contributed by atoms with Crippen LogP contribution in [0.4, 0.5) is 0 Å². The van der Waals surface area contributed by atoms with Crippen LogP contribution < -0.4 is 4.74 Å². The summed E-state index contributed by atoms with van der Waals surface area (Å²) in [7, 11) is 1.74. The molecule has 0 saturated heterocycles. The van der Waals surface area contributed by atoms with Crippen molar-refractivity contribution in [1.29, 1.82) is 0 Å². The first kappa shape index (κ1) is 14.8. The van der Waals surface area contributed by atoms with Crippen LogP contribution in [0.15, 0.2) is 18.2 Å². The fraction of sp³-hybridized carbons (Fsp3) is 0.571.